The van der Waals surface area contributed by atoms with Crippen molar-refractivity contribution in [3.8, 4) is 6.07 Å². The lowest BCUT2D eigenvalue weighted by molar-refractivity contribution is 0.581. The van der Waals surface area contributed by atoms with E-state index in [0.29, 0.717) is 5.82 Å². The van der Waals surface area contributed by atoms with Gasteiger partial charge in [0.2, 0.25) is 5.82 Å². The van der Waals surface area contributed by atoms with Crippen LogP contribution in [0.15, 0.2) is 0 Å². The summed E-state index contributed by atoms with van der Waals surface area (Å²) in [6, 6.07) is 2.15. The maximum Gasteiger partial charge on any atom is 0.213 e. The third-order valence-electron chi connectivity index (χ3n) is 3.02. The predicted octanol–water partition coefficient (Wildman–Crippen LogP) is 2.17. The molecular formula is C11H15N3. The van der Waals surface area contributed by atoms with E-state index < -0.39 is 0 Å². The summed E-state index contributed by atoms with van der Waals surface area (Å²) >= 11 is 0. The second-order valence-corrected chi connectivity index (χ2v) is 4.10. The molecule has 0 spiro atoms. The minimum absolute atomic E-state index is 0.570. The van der Waals surface area contributed by atoms with E-state index >= 15 is 0 Å². The van der Waals surface area contributed by atoms with Crippen molar-refractivity contribution in [2.75, 3.05) is 0 Å². The third kappa shape index (κ3) is 1.65. The molecule has 1 aliphatic rings. The summed E-state index contributed by atoms with van der Waals surface area (Å²) in [5.41, 5.74) is 2.12. The van der Waals surface area contributed by atoms with Gasteiger partial charge in [-0.05, 0) is 26.2 Å². The smallest absolute Gasteiger partial charge is 0.213 e. The molecule has 0 aliphatic heterocycles. The molecule has 0 aromatic carbocycles. The van der Waals surface area contributed by atoms with Crippen LogP contribution >= 0.6 is 0 Å². The van der Waals surface area contributed by atoms with Crippen LogP contribution in [0.2, 0.25) is 0 Å². The average Bonchev–Trinajstić information content (AvgIpc) is 2.95. The molecular weight excluding hydrogens is 174 g/mol. The Morgan fingerprint density at radius 1 is 1.50 bits per heavy atom. The highest BCUT2D eigenvalue weighted by Gasteiger charge is 2.21. The van der Waals surface area contributed by atoms with Crippen molar-refractivity contribution in [2.24, 2.45) is 5.92 Å². The van der Waals surface area contributed by atoms with E-state index in [1.54, 1.807) is 0 Å². The Bertz CT molecular complexity index is 380. The lowest BCUT2D eigenvalue weighted by Gasteiger charge is -2.05. The second-order valence-electron chi connectivity index (χ2n) is 4.10. The summed E-state index contributed by atoms with van der Waals surface area (Å²) < 4.78 is 2.05. The van der Waals surface area contributed by atoms with Crippen molar-refractivity contribution < 1.29 is 0 Å². The molecule has 0 saturated heterocycles. The van der Waals surface area contributed by atoms with Crippen LogP contribution in [0.1, 0.15) is 36.5 Å². The van der Waals surface area contributed by atoms with E-state index in [9.17, 15) is 0 Å². The first kappa shape index (κ1) is 9.26. The number of nitriles is 1. The predicted molar refractivity (Wildman–Crippen MR) is 53.8 cm³/mol. The first-order valence-corrected chi connectivity index (χ1v) is 5.16. The molecule has 2 rings (SSSR count). The largest absolute Gasteiger partial charge is 0.320 e. The number of hydrogen-bond acceptors (Lipinski definition) is 2. The molecule has 1 aromatic rings. The van der Waals surface area contributed by atoms with Crippen molar-refractivity contribution >= 4 is 0 Å². The van der Waals surface area contributed by atoms with Crippen LogP contribution in [-0.2, 0) is 6.54 Å². The van der Waals surface area contributed by atoms with Crippen molar-refractivity contribution in [1.82, 2.24) is 9.55 Å². The van der Waals surface area contributed by atoms with Gasteiger partial charge in [0.25, 0.3) is 0 Å². The number of hydrogen-bond donors (Lipinski definition) is 0. The third-order valence-corrected chi connectivity index (χ3v) is 3.02. The fourth-order valence-corrected chi connectivity index (χ4v) is 1.73. The summed E-state index contributed by atoms with van der Waals surface area (Å²) in [5.74, 6) is 1.48. The second kappa shape index (κ2) is 3.45. The Balaban J connectivity index is 2.16. The zero-order valence-corrected chi connectivity index (χ0v) is 8.75. The molecule has 0 radical (unpaired) electrons. The van der Waals surface area contributed by atoms with Gasteiger partial charge in [-0.25, -0.2) is 4.98 Å². The summed E-state index contributed by atoms with van der Waals surface area (Å²) in [5, 5.41) is 8.90. The first-order chi connectivity index (χ1) is 6.72. The molecule has 3 nitrogen and oxygen atoms in total. The van der Waals surface area contributed by atoms with Crippen molar-refractivity contribution in [1.29, 1.82) is 5.26 Å². The molecule has 0 bridgehead atoms. The van der Waals surface area contributed by atoms with Crippen molar-refractivity contribution in [2.45, 2.75) is 39.7 Å². The molecule has 3 heteroatoms. The van der Waals surface area contributed by atoms with E-state index in [-0.39, 0.29) is 0 Å². The van der Waals surface area contributed by atoms with E-state index in [2.05, 4.69) is 11.1 Å². The Labute approximate surface area is 84.4 Å². The SMILES string of the molecule is Cc1nc(C#N)n(CCC2CC2)c1C. The van der Waals surface area contributed by atoms with Gasteiger partial charge >= 0.3 is 0 Å². The van der Waals surface area contributed by atoms with Gasteiger partial charge < -0.3 is 4.57 Å². The highest BCUT2D eigenvalue weighted by Crippen LogP contribution is 2.33. The maximum atomic E-state index is 8.90. The van der Waals surface area contributed by atoms with E-state index in [4.69, 9.17) is 5.26 Å². The topological polar surface area (TPSA) is 41.6 Å². The van der Waals surface area contributed by atoms with Gasteiger partial charge in [-0.2, -0.15) is 5.26 Å². The molecule has 14 heavy (non-hydrogen) atoms. The van der Waals surface area contributed by atoms with Crippen LogP contribution in [0.5, 0.6) is 0 Å². The van der Waals surface area contributed by atoms with Crippen molar-refractivity contribution in [3.63, 3.8) is 0 Å². The average molecular weight is 189 g/mol. The van der Waals surface area contributed by atoms with Crippen LogP contribution in [0.3, 0.4) is 0 Å². The summed E-state index contributed by atoms with van der Waals surface area (Å²) in [4.78, 5) is 4.23. The van der Waals surface area contributed by atoms with Gasteiger partial charge in [0, 0.05) is 12.2 Å². The van der Waals surface area contributed by atoms with Gasteiger partial charge in [0.05, 0.1) is 5.69 Å². The van der Waals surface area contributed by atoms with Gasteiger partial charge in [0.15, 0.2) is 0 Å². The molecule has 0 N–H and O–H groups in total. The number of imidazole rings is 1. The van der Waals surface area contributed by atoms with Gasteiger partial charge in [0.1, 0.15) is 6.07 Å². The van der Waals surface area contributed by atoms with Crippen LogP contribution in [0.4, 0.5) is 0 Å². The summed E-state index contributed by atoms with van der Waals surface area (Å²) in [6.45, 7) is 4.96. The van der Waals surface area contributed by atoms with Gasteiger partial charge in [-0.1, -0.05) is 12.8 Å². The molecule has 1 saturated carbocycles. The van der Waals surface area contributed by atoms with Crippen molar-refractivity contribution in [3.05, 3.63) is 17.2 Å². The molecule has 0 atom stereocenters. The van der Waals surface area contributed by atoms with Crippen LogP contribution in [0.25, 0.3) is 0 Å². The van der Waals surface area contributed by atoms with Crippen LogP contribution in [0, 0.1) is 31.1 Å². The molecule has 0 amide bonds. The van der Waals surface area contributed by atoms with Gasteiger partial charge in [-0.15, -0.1) is 0 Å². The Kier molecular flexibility index (Phi) is 2.28. The van der Waals surface area contributed by atoms with E-state index in [0.717, 1.165) is 23.9 Å². The molecule has 0 unspecified atom stereocenters. The number of aryl methyl sites for hydroxylation is 1. The quantitative estimate of drug-likeness (QED) is 0.731. The summed E-state index contributed by atoms with van der Waals surface area (Å²) in [6.07, 6.45) is 3.94. The number of nitrogens with zero attached hydrogens (tertiary/aromatic N) is 3. The zero-order chi connectivity index (χ0) is 10.1. The van der Waals surface area contributed by atoms with Crippen LogP contribution in [-0.4, -0.2) is 9.55 Å². The molecule has 1 aromatic heterocycles. The lowest BCUT2D eigenvalue weighted by atomic mass is 10.3. The first-order valence-electron chi connectivity index (χ1n) is 5.16. The fraction of sp³-hybridized carbons (Fsp3) is 0.636. The minimum Gasteiger partial charge on any atom is -0.320 e. The zero-order valence-electron chi connectivity index (χ0n) is 8.75. The summed E-state index contributed by atoms with van der Waals surface area (Å²) in [7, 11) is 0. The standard InChI is InChI=1S/C11H15N3/c1-8-9(2)14(11(7-12)13-8)6-5-10-3-4-10/h10H,3-6H2,1-2H3. The monoisotopic (exact) mass is 189 g/mol. The lowest BCUT2D eigenvalue weighted by Crippen LogP contribution is -2.04. The normalized spacial score (nSPS) is 15.5. The minimum atomic E-state index is 0.570. The molecule has 1 aliphatic carbocycles. The number of rotatable bonds is 3. The van der Waals surface area contributed by atoms with Crippen LogP contribution < -0.4 is 0 Å². The molecule has 74 valence electrons. The maximum absolute atomic E-state index is 8.90. The molecule has 1 heterocycles. The Morgan fingerprint density at radius 3 is 2.79 bits per heavy atom. The Morgan fingerprint density at radius 2 is 2.21 bits per heavy atom. The highest BCUT2D eigenvalue weighted by molar-refractivity contribution is 5.22. The van der Waals surface area contributed by atoms with E-state index in [1.165, 1.54) is 19.3 Å². The fourth-order valence-electron chi connectivity index (χ4n) is 1.73. The van der Waals surface area contributed by atoms with Gasteiger partial charge in [-0.3, -0.25) is 0 Å². The molecule has 1 fully saturated rings. The van der Waals surface area contributed by atoms with E-state index in [1.807, 2.05) is 18.4 Å². The highest BCUT2D eigenvalue weighted by atomic mass is 15.1. The Hall–Kier alpha value is -1.30. The number of aromatic nitrogens is 2.